The average Bonchev–Trinajstić information content (AvgIpc) is 3.26. The number of aromatic nitrogens is 2. The van der Waals surface area contributed by atoms with Crippen LogP contribution in [-0.2, 0) is 0 Å². The first kappa shape index (κ1) is 19.5. The Hall–Kier alpha value is -2.83. The van der Waals surface area contributed by atoms with Crippen LogP contribution >= 0.6 is 0 Å². The summed E-state index contributed by atoms with van der Waals surface area (Å²) in [5.74, 6) is 2.05. The molecule has 0 N–H and O–H groups in total. The number of amides is 2. The van der Waals surface area contributed by atoms with Crippen LogP contribution in [0.15, 0.2) is 36.5 Å². The lowest BCUT2D eigenvalue weighted by atomic mass is 9.88. The monoisotopic (exact) mass is 395 g/mol. The fraction of sp³-hybridized carbons (Fsp3) is 0.500. The van der Waals surface area contributed by atoms with Gasteiger partial charge in [-0.2, -0.15) is 4.98 Å². The summed E-state index contributed by atoms with van der Waals surface area (Å²) in [6.45, 7) is 7.09. The molecular weight excluding hydrogens is 366 g/mol. The third-order valence-electron chi connectivity index (χ3n) is 5.99. The van der Waals surface area contributed by atoms with Crippen molar-refractivity contribution in [2.75, 3.05) is 45.2 Å². The van der Waals surface area contributed by atoms with Crippen LogP contribution in [0.1, 0.15) is 24.1 Å². The molecule has 0 spiro atoms. The topological polar surface area (TPSA) is 61.8 Å². The first-order valence-corrected chi connectivity index (χ1v) is 10.2. The molecular formula is C22H29N5O2. The number of urea groups is 1. The number of likely N-dealkylation sites (tertiary alicyclic amines) is 1. The van der Waals surface area contributed by atoms with Crippen molar-refractivity contribution in [3.8, 4) is 5.88 Å². The van der Waals surface area contributed by atoms with Crippen molar-refractivity contribution in [1.29, 1.82) is 0 Å². The Bertz CT molecular complexity index is 887. The van der Waals surface area contributed by atoms with Crippen molar-refractivity contribution < 1.29 is 9.53 Å². The second kappa shape index (κ2) is 7.89. The molecule has 7 nitrogen and oxygen atoms in total. The summed E-state index contributed by atoms with van der Waals surface area (Å²) in [5.41, 5.74) is 2.46. The Balaban J connectivity index is 1.63. The minimum Gasteiger partial charge on any atom is -0.478 e. The number of benzene rings is 1. The van der Waals surface area contributed by atoms with Crippen molar-refractivity contribution in [2.24, 2.45) is 11.8 Å². The highest BCUT2D eigenvalue weighted by atomic mass is 16.5. The lowest BCUT2D eigenvalue weighted by molar-refractivity contribution is 0.159. The molecule has 2 aromatic rings. The maximum atomic E-state index is 12.9. The number of nitrogens with zero attached hydrogens (tertiary/aromatic N) is 5. The summed E-state index contributed by atoms with van der Waals surface area (Å²) >= 11 is 0. The van der Waals surface area contributed by atoms with Crippen LogP contribution in [0.25, 0.3) is 0 Å². The largest absolute Gasteiger partial charge is 0.478 e. The van der Waals surface area contributed by atoms with Crippen molar-refractivity contribution in [3.05, 3.63) is 47.7 Å². The van der Waals surface area contributed by atoms with E-state index in [1.165, 1.54) is 11.1 Å². The van der Waals surface area contributed by atoms with Crippen LogP contribution in [0.3, 0.4) is 0 Å². The van der Waals surface area contributed by atoms with Gasteiger partial charge in [0.15, 0.2) is 0 Å². The number of carbonyl (C=O) groups is 1. The SMILES string of the molecule is CCOc1ccnc(N2C[C@@H]3CN(C(=O)N(C)C)[C@@H](c4ccccc4C)[C@@H]3C2)n1. The van der Waals surface area contributed by atoms with Crippen LogP contribution in [0.4, 0.5) is 10.7 Å². The zero-order chi connectivity index (χ0) is 20.5. The molecule has 2 aliphatic heterocycles. The van der Waals surface area contributed by atoms with E-state index in [0.29, 0.717) is 30.3 Å². The Morgan fingerprint density at radius 1 is 1.21 bits per heavy atom. The van der Waals surface area contributed by atoms with Crippen LogP contribution in [0.2, 0.25) is 0 Å². The summed E-state index contributed by atoms with van der Waals surface area (Å²) in [6.07, 6.45) is 1.75. The van der Waals surface area contributed by atoms with Gasteiger partial charge in [0, 0.05) is 57.8 Å². The molecule has 0 aliphatic carbocycles. The lowest BCUT2D eigenvalue weighted by Gasteiger charge is -2.32. The van der Waals surface area contributed by atoms with Crippen LogP contribution in [0, 0.1) is 18.8 Å². The van der Waals surface area contributed by atoms with E-state index in [1.54, 1.807) is 17.2 Å². The minimum absolute atomic E-state index is 0.0659. The summed E-state index contributed by atoms with van der Waals surface area (Å²) in [5, 5.41) is 0. The zero-order valence-corrected chi connectivity index (χ0v) is 17.6. The highest BCUT2D eigenvalue weighted by Gasteiger charge is 2.50. The molecule has 1 aromatic carbocycles. The fourth-order valence-electron chi connectivity index (χ4n) is 4.69. The maximum absolute atomic E-state index is 12.9. The minimum atomic E-state index is 0.0659. The van der Waals surface area contributed by atoms with Gasteiger partial charge in [-0.3, -0.25) is 0 Å². The van der Waals surface area contributed by atoms with Gasteiger partial charge in [0.25, 0.3) is 0 Å². The van der Waals surface area contributed by atoms with Crippen molar-refractivity contribution in [1.82, 2.24) is 19.8 Å². The molecule has 2 aliphatic rings. The number of ether oxygens (including phenoxy) is 1. The molecule has 7 heteroatoms. The van der Waals surface area contributed by atoms with E-state index in [4.69, 9.17) is 4.74 Å². The summed E-state index contributed by atoms with van der Waals surface area (Å²) in [4.78, 5) is 27.9. The second-order valence-corrected chi connectivity index (χ2v) is 8.09. The number of aryl methyl sites for hydroxylation is 1. The van der Waals surface area contributed by atoms with E-state index in [0.717, 1.165) is 19.6 Å². The van der Waals surface area contributed by atoms with Gasteiger partial charge >= 0.3 is 6.03 Å². The zero-order valence-electron chi connectivity index (χ0n) is 17.6. The third kappa shape index (κ3) is 3.61. The van der Waals surface area contributed by atoms with Crippen LogP contribution < -0.4 is 9.64 Å². The van der Waals surface area contributed by atoms with E-state index in [1.807, 2.05) is 25.9 Å². The predicted octanol–water partition coefficient (Wildman–Crippen LogP) is 2.97. The normalized spacial score (nSPS) is 23.2. The summed E-state index contributed by atoms with van der Waals surface area (Å²) < 4.78 is 5.54. The summed E-state index contributed by atoms with van der Waals surface area (Å²) in [6, 6.07) is 10.3. The van der Waals surface area contributed by atoms with E-state index < -0.39 is 0 Å². The fourth-order valence-corrected chi connectivity index (χ4v) is 4.69. The van der Waals surface area contributed by atoms with E-state index in [-0.39, 0.29) is 12.1 Å². The molecule has 2 fully saturated rings. The molecule has 0 saturated carbocycles. The molecule has 1 aromatic heterocycles. The highest BCUT2D eigenvalue weighted by molar-refractivity contribution is 5.75. The number of fused-ring (bicyclic) bond motifs is 1. The van der Waals surface area contributed by atoms with E-state index >= 15 is 0 Å². The Morgan fingerprint density at radius 3 is 2.72 bits per heavy atom. The molecule has 4 rings (SSSR count). The number of hydrogen-bond donors (Lipinski definition) is 0. The average molecular weight is 396 g/mol. The van der Waals surface area contributed by atoms with Crippen LogP contribution in [0.5, 0.6) is 5.88 Å². The molecule has 2 saturated heterocycles. The quantitative estimate of drug-likeness (QED) is 0.797. The van der Waals surface area contributed by atoms with Gasteiger partial charge in [-0.25, -0.2) is 9.78 Å². The summed E-state index contributed by atoms with van der Waals surface area (Å²) in [7, 11) is 3.65. The highest BCUT2D eigenvalue weighted by Crippen LogP contribution is 2.46. The van der Waals surface area contributed by atoms with Crippen molar-refractivity contribution in [3.63, 3.8) is 0 Å². The molecule has 3 heterocycles. The van der Waals surface area contributed by atoms with Gasteiger partial charge in [-0.15, -0.1) is 0 Å². The van der Waals surface area contributed by atoms with Gasteiger partial charge in [0.05, 0.1) is 12.6 Å². The van der Waals surface area contributed by atoms with Crippen LogP contribution in [-0.4, -0.2) is 66.1 Å². The van der Waals surface area contributed by atoms with E-state index in [9.17, 15) is 4.79 Å². The molecule has 0 radical (unpaired) electrons. The van der Waals surface area contributed by atoms with Crippen molar-refractivity contribution in [2.45, 2.75) is 19.9 Å². The van der Waals surface area contributed by atoms with Gasteiger partial charge < -0.3 is 19.4 Å². The molecule has 29 heavy (non-hydrogen) atoms. The Labute approximate surface area is 172 Å². The number of carbonyl (C=O) groups excluding carboxylic acids is 1. The predicted molar refractivity (Wildman–Crippen MR) is 112 cm³/mol. The standard InChI is InChI=1S/C22H29N5O2/c1-5-29-19-10-11-23-21(24-19)26-12-16-13-27(22(28)25(3)4)20(18(16)14-26)17-9-7-6-8-15(17)2/h6-11,16,18,20H,5,12-14H2,1-4H3/t16-,18-,20+/m1/s1. The number of hydrogen-bond acceptors (Lipinski definition) is 5. The molecule has 2 amide bonds. The number of anilines is 1. The van der Waals surface area contributed by atoms with Gasteiger partial charge in [0.1, 0.15) is 0 Å². The van der Waals surface area contributed by atoms with Crippen molar-refractivity contribution >= 4 is 12.0 Å². The molecule has 0 unspecified atom stereocenters. The second-order valence-electron chi connectivity index (χ2n) is 8.09. The Kier molecular flexibility index (Phi) is 5.30. The van der Waals surface area contributed by atoms with Gasteiger partial charge in [-0.05, 0) is 25.0 Å². The van der Waals surface area contributed by atoms with Gasteiger partial charge in [0.2, 0.25) is 11.8 Å². The Morgan fingerprint density at radius 2 is 2.00 bits per heavy atom. The van der Waals surface area contributed by atoms with Gasteiger partial charge in [-0.1, -0.05) is 24.3 Å². The lowest BCUT2D eigenvalue weighted by Crippen LogP contribution is -2.41. The first-order valence-electron chi connectivity index (χ1n) is 10.2. The maximum Gasteiger partial charge on any atom is 0.320 e. The van der Waals surface area contributed by atoms with E-state index in [2.05, 4.69) is 46.1 Å². The smallest absolute Gasteiger partial charge is 0.320 e. The molecule has 154 valence electrons. The third-order valence-corrected chi connectivity index (χ3v) is 5.99. The molecule has 3 atom stereocenters. The number of rotatable bonds is 4. The molecule has 0 bridgehead atoms. The first-order chi connectivity index (χ1) is 14.0.